The zero-order valence-electron chi connectivity index (χ0n) is 13.4. The largest absolute Gasteiger partial charge is 0.495 e. The highest BCUT2D eigenvalue weighted by atomic mass is 32.1. The van der Waals surface area contributed by atoms with Gasteiger partial charge in [0.15, 0.2) is 0 Å². The topological polar surface area (TPSA) is 67.4 Å². The van der Waals surface area contributed by atoms with Crippen LogP contribution in [0, 0.1) is 0 Å². The number of thiophene rings is 1. The van der Waals surface area contributed by atoms with Crippen LogP contribution in [0.2, 0.25) is 0 Å². The van der Waals surface area contributed by atoms with Crippen LogP contribution in [0.3, 0.4) is 0 Å². The number of ether oxygens (including phenoxy) is 1. The van der Waals surface area contributed by atoms with Crippen LogP contribution in [-0.2, 0) is 4.79 Å². The lowest BCUT2D eigenvalue weighted by molar-refractivity contribution is -0.122. The van der Waals surface area contributed by atoms with Gasteiger partial charge in [0, 0.05) is 11.4 Å². The number of likely N-dealkylation sites (N-methyl/N-ethyl adjacent to an activating group) is 1. The van der Waals surface area contributed by atoms with Gasteiger partial charge in [-0.05, 0) is 25.5 Å². The van der Waals surface area contributed by atoms with E-state index in [1.54, 1.807) is 6.92 Å². The molecule has 0 saturated heterocycles. The zero-order chi connectivity index (χ0) is 16.8. The molecule has 122 valence electrons. The smallest absolute Gasteiger partial charge is 0.265 e. The Labute approximate surface area is 139 Å². The van der Waals surface area contributed by atoms with Crippen molar-refractivity contribution in [3.8, 4) is 16.2 Å². The minimum Gasteiger partial charge on any atom is -0.495 e. The molecule has 2 aromatic rings. The highest BCUT2D eigenvalue weighted by molar-refractivity contribution is 7.17. The van der Waals surface area contributed by atoms with Crippen LogP contribution in [0.4, 0.5) is 0 Å². The van der Waals surface area contributed by atoms with Crippen LogP contribution >= 0.6 is 11.3 Å². The van der Waals surface area contributed by atoms with Gasteiger partial charge < -0.3 is 15.4 Å². The summed E-state index contributed by atoms with van der Waals surface area (Å²) < 4.78 is 5.31. The summed E-state index contributed by atoms with van der Waals surface area (Å²) in [5.74, 6) is -0.0121. The van der Waals surface area contributed by atoms with Crippen molar-refractivity contribution >= 4 is 23.2 Å². The summed E-state index contributed by atoms with van der Waals surface area (Å²) in [4.78, 5) is 25.6. The Kier molecular flexibility index (Phi) is 5.76. The first-order valence-electron chi connectivity index (χ1n) is 7.38. The van der Waals surface area contributed by atoms with Crippen LogP contribution in [0.1, 0.15) is 23.5 Å². The highest BCUT2D eigenvalue weighted by Crippen LogP contribution is 2.36. The summed E-state index contributed by atoms with van der Waals surface area (Å²) in [7, 11) is 1.53. The highest BCUT2D eigenvalue weighted by Gasteiger charge is 2.21. The van der Waals surface area contributed by atoms with Crippen LogP contribution < -0.4 is 15.4 Å². The van der Waals surface area contributed by atoms with E-state index in [9.17, 15) is 9.59 Å². The number of amides is 2. The summed E-state index contributed by atoms with van der Waals surface area (Å²) >= 11 is 1.34. The van der Waals surface area contributed by atoms with E-state index >= 15 is 0 Å². The second kappa shape index (κ2) is 7.78. The lowest BCUT2D eigenvalue weighted by atomic mass is 10.2. The molecule has 1 aromatic heterocycles. The maximum Gasteiger partial charge on any atom is 0.265 e. The Balaban J connectivity index is 2.20. The normalized spacial score (nSPS) is 11.6. The summed E-state index contributed by atoms with van der Waals surface area (Å²) in [6.45, 7) is 4.02. The lowest BCUT2D eigenvalue weighted by Crippen LogP contribution is -2.44. The Morgan fingerprint density at radius 3 is 2.57 bits per heavy atom. The Morgan fingerprint density at radius 2 is 1.96 bits per heavy atom. The molecule has 0 unspecified atom stereocenters. The molecular weight excluding hydrogens is 312 g/mol. The van der Waals surface area contributed by atoms with Crippen molar-refractivity contribution in [2.45, 2.75) is 19.9 Å². The average molecular weight is 332 g/mol. The van der Waals surface area contributed by atoms with Crippen LogP contribution in [0.15, 0.2) is 36.4 Å². The van der Waals surface area contributed by atoms with E-state index in [2.05, 4.69) is 10.6 Å². The molecule has 1 atom stereocenters. The fourth-order valence-corrected chi connectivity index (χ4v) is 3.12. The molecule has 23 heavy (non-hydrogen) atoms. The molecule has 2 rings (SSSR count). The van der Waals surface area contributed by atoms with Crippen molar-refractivity contribution < 1.29 is 14.3 Å². The number of nitrogens with one attached hydrogen (secondary N) is 2. The maximum absolute atomic E-state index is 12.4. The van der Waals surface area contributed by atoms with E-state index in [0.717, 1.165) is 10.4 Å². The van der Waals surface area contributed by atoms with Gasteiger partial charge in [-0.1, -0.05) is 30.3 Å². The van der Waals surface area contributed by atoms with Gasteiger partial charge in [-0.2, -0.15) is 0 Å². The number of carbonyl (C=O) groups excluding carboxylic acids is 2. The molecule has 0 saturated carbocycles. The minimum atomic E-state index is -0.602. The Bertz CT molecular complexity index is 682. The lowest BCUT2D eigenvalue weighted by Gasteiger charge is -2.13. The van der Waals surface area contributed by atoms with Crippen LogP contribution in [-0.4, -0.2) is 31.5 Å². The third kappa shape index (κ3) is 4.10. The van der Waals surface area contributed by atoms with Gasteiger partial charge in [0.2, 0.25) is 5.91 Å². The molecule has 1 heterocycles. The molecule has 0 aliphatic rings. The first kappa shape index (κ1) is 17.0. The fraction of sp³-hybridized carbons (Fsp3) is 0.294. The number of methoxy groups -OCH3 is 1. The van der Waals surface area contributed by atoms with E-state index in [0.29, 0.717) is 17.2 Å². The van der Waals surface area contributed by atoms with E-state index in [4.69, 9.17) is 4.74 Å². The van der Waals surface area contributed by atoms with Crippen molar-refractivity contribution in [3.05, 3.63) is 41.3 Å². The average Bonchev–Trinajstić information content (AvgIpc) is 3.00. The zero-order valence-corrected chi connectivity index (χ0v) is 14.2. The van der Waals surface area contributed by atoms with Gasteiger partial charge >= 0.3 is 0 Å². The van der Waals surface area contributed by atoms with E-state index < -0.39 is 6.04 Å². The third-order valence-electron chi connectivity index (χ3n) is 3.27. The fourth-order valence-electron chi connectivity index (χ4n) is 2.08. The molecule has 0 aliphatic heterocycles. The van der Waals surface area contributed by atoms with E-state index in [1.165, 1.54) is 18.4 Å². The van der Waals surface area contributed by atoms with Crippen LogP contribution in [0.25, 0.3) is 10.4 Å². The third-order valence-corrected chi connectivity index (χ3v) is 4.44. The molecule has 0 bridgehead atoms. The first-order valence-corrected chi connectivity index (χ1v) is 8.20. The quantitative estimate of drug-likeness (QED) is 0.854. The maximum atomic E-state index is 12.4. The second-order valence-corrected chi connectivity index (χ2v) is 6.02. The standard InChI is InChI=1S/C17H20N2O3S/c1-4-18-16(20)11(2)19-17(21)15-13(22-3)10-14(23-15)12-8-6-5-7-9-12/h5-11H,4H2,1-3H3,(H,18,20)(H,19,21)/t11-/m0/s1. The van der Waals surface area contributed by atoms with Crippen molar-refractivity contribution in [2.24, 2.45) is 0 Å². The molecule has 0 spiro atoms. The molecular formula is C17H20N2O3S. The van der Waals surface area contributed by atoms with Crippen molar-refractivity contribution in [3.63, 3.8) is 0 Å². The van der Waals surface area contributed by atoms with E-state index in [1.807, 2.05) is 43.3 Å². The van der Waals surface area contributed by atoms with Gasteiger partial charge in [-0.25, -0.2) is 0 Å². The summed E-state index contributed by atoms with van der Waals surface area (Å²) in [6.07, 6.45) is 0. The van der Waals surface area contributed by atoms with Gasteiger partial charge in [-0.15, -0.1) is 11.3 Å². The monoisotopic (exact) mass is 332 g/mol. The van der Waals surface area contributed by atoms with Crippen molar-refractivity contribution in [2.75, 3.05) is 13.7 Å². The number of rotatable bonds is 6. The molecule has 6 heteroatoms. The summed E-state index contributed by atoms with van der Waals surface area (Å²) in [5, 5.41) is 5.38. The summed E-state index contributed by atoms with van der Waals surface area (Å²) in [5.41, 5.74) is 1.02. The SMILES string of the molecule is CCNC(=O)[C@H](C)NC(=O)c1sc(-c2ccccc2)cc1OC. The van der Waals surface area contributed by atoms with E-state index in [-0.39, 0.29) is 11.8 Å². The summed E-state index contributed by atoms with van der Waals surface area (Å²) in [6, 6.07) is 11.0. The number of benzene rings is 1. The number of carbonyl (C=O) groups is 2. The molecule has 0 radical (unpaired) electrons. The second-order valence-electron chi connectivity index (χ2n) is 4.96. The van der Waals surface area contributed by atoms with Gasteiger partial charge in [0.25, 0.3) is 5.91 Å². The molecule has 1 aromatic carbocycles. The van der Waals surface area contributed by atoms with Crippen molar-refractivity contribution in [1.29, 1.82) is 0 Å². The minimum absolute atomic E-state index is 0.209. The van der Waals surface area contributed by atoms with Crippen LogP contribution in [0.5, 0.6) is 5.75 Å². The number of hydrogen-bond donors (Lipinski definition) is 2. The number of hydrogen-bond acceptors (Lipinski definition) is 4. The Morgan fingerprint density at radius 1 is 1.26 bits per heavy atom. The first-order chi connectivity index (χ1) is 11.1. The molecule has 5 nitrogen and oxygen atoms in total. The molecule has 0 fully saturated rings. The predicted octanol–water partition coefficient (Wildman–Crippen LogP) is 2.68. The van der Waals surface area contributed by atoms with Gasteiger partial charge in [-0.3, -0.25) is 9.59 Å². The molecule has 2 N–H and O–H groups in total. The Hall–Kier alpha value is -2.34. The predicted molar refractivity (Wildman–Crippen MR) is 91.9 cm³/mol. The van der Waals surface area contributed by atoms with Gasteiger partial charge in [0.1, 0.15) is 16.7 Å². The van der Waals surface area contributed by atoms with Crippen molar-refractivity contribution in [1.82, 2.24) is 10.6 Å². The molecule has 2 amide bonds. The van der Waals surface area contributed by atoms with Gasteiger partial charge in [0.05, 0.1) is 7.11 Å². The molecule has 0 aliphatic carbocycles.